The summed E-state index contributed by atoms with van der Waals surface area (Å²) in [5, 5.41) is 6.41. The second-order valence-corrected chi connectivity index (χ2v) is 6.34. The molecular weight excluding hydrogens is 330 g/mol. The predicted molar refractivity (Wildman–Crippen MR) is 83.7 cm³/mol. The third kappa shape index (κ3) is 2.97. The maximum atomic E-state index is 6.19. The standard InChI is InChI=1S/C14H15BrClNS/c1-3-17-13(14-9(2)6-7-18-14)10-4-5-11(15)12(16)8-10/h4-8,13,17H,3H2,1-2H3. The summed E-state index contributed by atoms with van der Waals surface area (Å²) in [6.07, 6.45) is 0. The summed E-state index contributed by atoms with van der Waals surface area (Å²) in [6.45, 7) is 5.20. The highest BCUT2D eigenvalue weighted by atomic mass is 79.9. The molecule has 1 unspecified atom stereocenters. The molecule has 1 nitrogen and oxygen atoms in total. The molecule has 2 aromatic rings. The van der Waals surface area contributed by atoms with E-state index in [0.29, 0.717) is 0 Å². The van der Waals surface area contributed by atoms with Crippen LogP contribution in [0.1, 0.15) is 29.0 Å². The third-order valence-corrected chi connectivity index (χ3v) is 5.17. The van der Waals surface area contributed by atoms with Crippen molar-refractivity contribution in [1.82, 2.24) is 5.32 Å². The Morgan fingerprint density at radius 3 is 2.72 bits per heavy atom. The normalized spacial score (nSPS) is 12.7. The number of rotatable bonds is 4. The Morgan fingerprint density at radius 2 is 2.17 bits per heavy atom. The van der Waals surface area contributed by atoms with Crippen LogP contribution in [0.25, 0.3) is 0 Å². The molecule has 96 valence electrons. The van der Waals surface area contributed by atoms with Crippen molar-refractivity contribution in [3.8, 4) is 0 Å². The fourth-order valence-electron chi connectivity index (χ4n) is 1.94. The maximum absolute atomic E-state index is 6.19. The average molecular weight is 345 g/mol. The smallest absolute Gasteiger partial charge is 0.0674 e. The topological polar surface area (TPSA) is 12.0 Å². The minimum absolute atomic E-state index is 0.223. The van der Waals surface area contributed by atoms with Crippen molar-refractivity contribution >= 4 is 38.9 Å². The summed E-state index contributed by atoms with van der Waals surface area (Å²) in [5.74, 6) is 0. The quantitative estimate of drug-likeness (QED) is 0.806. The molecule has 0 radical (unpaired) electrons. The van der Waals surface area contributed by atoms with E-state index in [9.17, 15) is 0 Å². The van der Waals surface area contributed by atoms with Crippen molar-refractivity contribution in [2.45, 2.75) is 19.9 Å². The molecule has 1 heterocycles. The number of hydrogen-bond acceptors (Lipinski definition) is 2. The summed E-state index contributed by atoms with van der Waals surface area (Å²) in [7, 11) is 0. The van der Waals surface area contributed by atoms with Gasteiger partial charge < -0.3 is 5.32 Å². The summed E-state index contributed by atoms with van der Waals surface area (Å²) < 4.78 is 0.936. The first-order valence-electron chi connectivity index (χ1n) is 5.85. The van der Waals surface area contributed by atoms with Crippen molar-refractivity contribution < 1.29 is 0 Å². The van der Waals surface area contributed by atoms with Gasteiger partial charge in [-0.2, -0.15) is 0 Å². The van der Waals surface area contributed by atoms with Crippen LogP contribution in [0.2, 0.25) is 5.02 Å². The van der Waals surface area contributed by atoms with Crippen LogP contribution in [0.4, 0.5) is 0 Å². The van der Waals surface area contributed by atoms with Gasteiger partial charge in [0.15, 0.2) is 0 Å². The van der Waals surface area contributed by atoms with Crippen molar-refractivity contribution in [3.05, 3.63) is 55.1 Å². The molecule has 18 heavy (non-hydrogen) atoms. The van der Waals surface area contributed by atoms with Crippen molar-refractivity contribution in [3.63, 3.8) is 0 Å². The average Bonchev–Trinajstić information content (AvgIpc) is 2.76. The van der Waals surface area contributed by atoms with Gasteiger partial charge in [0, 0.05) is 9.35 Å². The van der Waals surface area contributed by atoms with Gasteiger partial charge in [-0.15, -0.1) is 11.3 Å². The zero-order chi connectivity index (χ0) is 13.1. The van der Waals surface area contributed by atoms with Crippen LogP contribution < -0.4 is 5.32 Å². The lowest BCUT2D eigenvalue weighted by molar-refractivity contribution is 0.637. The Labute approximate surface area is 125 Å². The first-order valence-corrected chi connectivity index (χ1v) is 7.91. The molecule has 0 saturated carbocycles. The van der Waals surface area contributed by atoms with E-state index in [4.69, 9.17) is 11.6 Å². The zero-order valence-corrected chi connectivity index (χ0v) is 13.5. The number of thiophene rings is 1. The van der Waals surface area contributed by atoms with E-state index in [1.807, 2.05) is 12.1 Å². The molecule has 1 atom stereocenters. The molecule has 0 saturated heterocycles. The first kappa shape index (κ1) is 14.1. The summed E-state index contributed by atoms with van der Waals surface area (Å²) >= 11 is 11.4. The zero-order valence-electron chi connectivity index (χ0n) is 10.3. The maximum Gasteiger partial charge on any atom is 0.0674 e. The van der Waals surface area contributed by atoms with Crippen LogP contribution in [-0.2, 0) is 0 Å². The van der Waals surface area contributed by atoms with E-state index >= 15 is 0 Å². The number of halogens is 2. The van der Waals surface area contributed by atoms with Crippen LogP contribution in [0, 0.1) is 6.92 Å². The molecule has 0 spiro atoms. The van der Waals surface area contributed by atoms with Gasteiger partial charge in [0.1, 0.15) is 0 Å². The predicted octanol–water partition coefficient (Wildman–Crippen LogP) is 5.17. The fraction of sp³-hybridized carbons (Fsp3) is 0.286. The minimum Gasteiger partial charge on any atom is -0.306 e. The lowest BCUT2D eigenvalue weighted by atomic mass is 10.0. The van der Waals surface area contributed by atoms with Gasteiger partial charge in [0.25, 0.3) is 0 Å². The lowest BCUT2D eigenvalue weighted by Crippen LogP contribution is -2.21. The number of benzene rings is 1. The van der Waals surface area contributed by atoms with Crippen LogP contribution >= 0.6 is 38.9 Å². The summed E-state index contributed by atoms with van der Waals surface area (Å²) in [5.41, 5.74) is 2.53. The molecule has 1 aromatic carbocycles. The molecular formula is C14H15BrClNS. The monoisotopic (exact) mass is 343 g/mol. The molecule has 1 aromatic heterocycles. The van der Waals surface area contributed by atoms with Gasteiger partial charge >= 0.3 is 0 Å². The van der Waals surface area contributed by atoms with Crippen LogP contribution in [0.15, 0.2) is 34.1 Å². The molecule has 0 aliphatic heterocycles. The lowest BCUT2D eigenvalue weighted by Gasteiger charge is -2.18. The highest BCUT2D eigenvalue weighted by Crippen LogP contribution is 2.32. The second kappa shape index (κ2) is 6.20. The van der Waals surface area contributed by atoms with Crippen LogP contribution in [0.5, 0.6) is 0 Å². The van der Waals surface area contributed by atoms with Crippen molar-refractivity contribution in [2.75, 3.05) is 6.54 Å². The fourth-order valence-corrected chi connectivity index (χ4v) is 3.40. The molecule has 0 amide bonds. The van der Waals surface area contributed by atoms with E-state index in [1.54, 1.807) is 11.3 Å². The second-order valence-electron chi connectivity index (χ2n) is 4.13. The Hall–Kier alpha value is -0.350. The Morgan fingerprint density at radius 1 is 1.39 bits per heavy atom. The van der Waals surface area contributed by atoms with Crippen molar-refractivity contribution in [2.24, 2.45) is 0 Å². The van der Waals surface area contributed by atoms with Crippen molar-refractivity contribution in [1.29, 1.82) is 0 Å². The Balaban J connectivity index is 2.41. The number of nitrogens with one attached hydrogen (secondary N) is 1. The molecule has 4 heteroatoms. The van der Waals surface area contributed by atoms with Gasteiger partial charge in [-0.1, -0.05) is 24.6 Å². The number of hydrogen-bond donors (Lipinski definition) is 1. The third-order valence-electron chi connectivity index (χ3n) is 2.85. The highest BCUT2D eigenvalue weighted by Gasteiger charge is 2.17. The molecule has 1 N–H and O–H groups in total. The SMILES string of the molecule is CCNC(c1ccc(Br)c(Cl)c1)c1sccc1C. The van der Waals surface area contributed by atoms with Gasteiger partial charge in [-0.05, 0) is 64.1 Å². The molecule has 0 aliphatic carbocycles. The van der Waals surface area contributed by atoms with Gasteiger partial charge in [0.05, 0.1) is 11.1 Å². The van der Waals surface area contributed by atoms with Gasteiger partial charge in [-0.3, -0.25) is 0 Å². The summed E-state index contributed by atoms with van der Waals surface area (Å²) in [6, 6.07) is 8.52. The van der Waals surface area contributed by atoms with Crippen LogP contribution in [-0.4, -0.2) is 6.54 Å². The molecule has 0 aliphatic rings. The van der Waals surface area contributed by atoms with Gasteiger partial charge in [0.2, 0.25) is 0 Å². The van der Waals surface area contributed by atoms with E-state index in [1.165, 1.54) is 16.0 Å². The van der Waals surface area contributed by atoms with E-state index in [-0.39, 0.29) is 6.04 Å². The molecule has 0 fully saturated rings. The largest absolute Gasteiger partial charge is 0.306 e. The van der Waals surface area contributed by atoms with Gasteiger partial charge in [-0.25, -0.2) is 0 Å². The Bertz CT molecular complexity index is 538. The number of aryl methyl sites for hydroxylation is 1. The molecule has 2 rings (SSSR count). The minimum atomic E-state index is 0.223. The summed E-state index contributed by atoms with van der Waals surface area (Å²) in [4.78, 5) is 1.36. The Kier molecular flexibility index (Phi) is 4.84. The highest BCUT2D eigenvalue weighted by molar-refractivity contribution is 9.10. The first-order chi connectivity index (χ1) is 8.63. The van der Waals surface area contributed by atoms with E-state index in [0.717, 1.165) is 16.0 Å². The molecule has 0 bridgehead atoms. The van der Waals surface area contributed by atoms with Crippen LogP contribution in [0.3, 0.4) is 0 Å². The van der Waals surface area contributed by atoms with E-state index in [2.05, 4.69) is 52.6 Å². The van der Waals surface area contributed by atoms with E-state index < -0.39 is 0 Å².